The Morgan fingerprint density at radius 2 is 1.73 bits per heavy atom. The Bertz CT molecular complexity index is 859. The van der Waals surface area contributed by atoms with Crippen molar-refractivity contribution in [3.05, 3.63) is 59.7 Å². The highest BCUT2D eigenvalue weighted by atomic mass is 16.2. The van der Waals surface area contributed by atoms with E-state index < -0.39 is 6.04 Å². The Labute approximate surface area is 152 Å². The largest absolute Gasteiger partial charge is 0.373 e. The first-order valence-corrected chi connectivity index (χ1v) is 8.39. The normalized spacial score (nSPS) is 16.7. The molecule has 1 aliphatic heterocycles. The number of carbonyl (C=O) groups is 3. The summed E-state index contributed by atoms with van der Waals surface area (Å²) in [5.41, 5.74) is 2.76. The number of aryl methyl sites for hydroxylation is 1. The highest BCUT2D eigenvalue weighted by molar-refractivity contribution is 6.23. The maximum atomic E-state index is 12.7. The predicted molar refractivity (Wildman–Crippen MR) is 100 cm³/mol. The molecule has 2 aromatic carbocycles. The molecule has 6 nitrogen and oxygen atoms in total. The van der Waals surface area contributed by atoms with Gasteiger partial charge in [-0.3, -0.25) is 14.4 Å². The van der Waals surface area contributed by atoms with Crippen LogP contribution in [0.4, 0.5) is 11.4 Å². The first kappa shape index (κ1) is 17.7. The fourth-order valence-corrected chi connectivity index (χ4v) is 2.98. The van der Waals surface area contributed by atoms with Crippen molar-refractivity contribution >= 4 is 29.1 Å². The zero-order chi connectivity index (χ0) is 18.8. The lowest BCUT2D eigenvalue weighted by molar-refractivity contribution is -0.121. The number of rotatable bonds is 4. The zero-order valence-electron chi connectivity index (χ0n) is 15.0. The molecule has 3 amide bonds. The molecule has 134 valence electrons. The summed E-state index contributed by atoms with van der Waals surface area (Å²) < 4.78 is 0. The summed E-state index contributed by atoms with van der Waals surface area (Å²) in [6.45, 7) is 1.87. The summed E-state index contributed by atoms with van der Waals surface area (Å²) in [6, 6.07) is 13.6. The van der Waals surface area contributed by atoms with Crippen molar-refractivity contribution in [3.63, 3.8) is 0 Å². The molecule has 0 saturated carbocycles. The van der Waals surface area contributed by atoms with Crippen LogP contribution in [0.25, 0.3) is 0 Å². The van der Waals surface area contributed by atoms with Crippen LogP contribution in [0.1, 0.15) is 22.3 Å². The van der Waals surface area contributed by atoms with Gasteiger partial charge in [0.2, 0.25) is 5.91 Å². The zero-order valence-corrected chi connectivity index (χ0v) is 15.0. The number of nitrogens with one attached hydrogen (secondary N) is 1. The van der Waals surface area contributed by atoms with E-state index in [0.717, 1.165) is 5.56 Å². The van der Waals surface area contributed by atoms with Crippen LogP contribution in [-0.2, 0) is 9.59 Å². The fourth-order valence-electron chi connectivity index (χ4n) is 2.98. The Kier molecular flexibility index (Phi) is 4.75. The lowest BCUT2D eigenvalue weighted by Gasteiger charge is -2.18. The van der Waals surface area contributed by atoms with Gasteiger partial charge in [-0.15, -0.1) is 0 Å². The van der Waals surface area contributed by atoms with Crippen molar-refractivity contribution < 1.29 is 14.4 Å². The molecule has 0 aliphatic carbocycles. The Balaban J connectivity index is 1.75. The molecule has 0 radical (unpaired) electrons. The average molecular weight is 351 g/mol. The molecule has 1 N–H and O–H groups in total. The van der Waals surface area contributed by atoms with Crippen molar-refractivity contribution in [2.75, 3.05) is 24.3 Å². The molecule has 26 heavy (non-hydrogen) atoms. The van der Waals surface area contributed by atoms with Gasteiger partial charge in [-0.25, -0.2) is 4.90 Å². The van der Waals surface area contributed by atoms with Gasteiger partial charge in [0.1, 0.15) is 6.04 Å². The van der Waals surface area contributed by atoms with Crippen molar-refractivity contribution in [2.24, 2.45) is 0 Å². The van der Waals surface area contributed by atoms with Crippen LogP contribution in [0.2, 0.25) is 0 Å². The van der Waals surface area contributed by atoms with Gasteiger partial charge >= 0.3 is 0 Å². The molecule has 1 aliphatic rings. The minimum atomic E-state index is -0.613. The molecule has 2 aromatic rings. The summed E-state index contributed by atoms with van der Waals surface area (Å²) in [4.78, 5) is 39.8. The monoisotopic (exact) mass is 351 g/mol. The van der Waals surface area contributed by atoms with Crippen LogP contribution in [0.3, 0.4) is 0 Å². The van der Waals surface area contributed by atoms with Crippen LogP contribution in [-0.4, -0.2) is 42.8 Å². The molecular weight excluding hydrogens is 330 g/mol. The fraction of sp³-hybridized carbons (Fsp3) is 0.250. The SMILES string of the molecule is Cc1ccccc1N1C(=O)C[C@@H](Nc2ccc(C(=O)N(C)C)cc2)C1=O. The highest BCUT2D eigenvalue weighted by Crippen LogP contribution is 2.27. The third kappa shape index (κ3) is 3.31. The Morgan fingerprint density at radius 1 is 1.08 bits per heavy atom. The average Bonchev–Trinajstić information content (AvgIpc) is 2.89. The summed E-state index contributed by atoms with van der Waals surface area (Å²) in [6.07, 6.45) is 0.103. The van der Waals surface area contributed by atoms with E-state index in [-0.39, 0.29) is 24.1 Å². The van der Waals surface area contributed by atoms with Crippen molar-refractivity contribution in [1.82, 2.24) is 4.90 Å². The van der Waals surface area contributed by atoms with E-state index >= 15 is 0 Å². The van der Waals surface area contributed by atoms with Crippen LogP contribution in [0, 0.1) is 6.92 Å². The van der Waals surface area contributed by atoms with E-state index in [0.29, 0.717) is 16.9 Å². The second-order valence-corrected chi connectivity index (χ2v) is 6.53. The molecule has 6 heteroatoms. The summed E-state index contributed by atoms with van der Waals surface area (Å²) in [5.74, 6) is -0.576. The molecule has 1 heterocycles. The maximum Gasteiger partial charge on any atom is 0.256 e. The van der Waals surface area contributed by atoms with Gasteiger partial charge in [0.25, 0.3) is 11.8 Å². The number of para-hydroxylation sites is 1. The van der Waals surface area contributed by atoms with E-state index in [4.69, 9.17) is 0 Å². The van der Waals surface area contributed by atoms with Gasteiger partial charge in [0.15, 0.2) is 0 Å². The molecule has 0 aromatic heterocycles. The smallest absolute Gasteiger partial charge is 0.256 e. The first-order chi connectivity index (χ1) is 12.4. The second-order valence-electron chi connectivity index (χ2n) is 6.53. The second kappa shape index (κ2) is 7.00. The molecule has 3 rings (SSSR count). The van der Waals surface area contributed by atoms with E-state index in [1.54, 1.807) is 44.4 Å². The van der Waals surface area contributed by atoms with Crippen molar-refractivity contribution in [1.29, 1.82) is 0 Å². The molecule has 0 spiro atoms. The molecular formula is C20H21N3O3. The topological polar surface area (TPSA) is 69.7 Å². The van der Waals surface area contributed by atoms with Crippen LogP contribution >= 0.6 is 0 Å². The lowest BCUT2D eigenvalue weighted by Crippen LogP contribution is -2.35. The minimum absolute atomic E-state index is 0.0885. The number of imide groups is 1. The van der Waals surface area contributed by atoms with E-state index in [9.17, 15) is 14.4 Å². The van der Waals surface area contributed by atoms with Crippen molar-refractivity contribution in [3.8, 4) is 0 Å². The van der Waals surface area contributed by atoms with Gasteiger partial charge in [0, 0.05) is 25.3 Å². The number of hydrogen-bond acceptors (Lipinski definition) is 4. The van der Waals surface area contributed by atoms with E-state index in [1.165, 1.54) is 9.80 Å². The summed E-state index contributed by atoms with van der Waals surface area (Å²) in [5, 5.41) is 3.10. The molecule has 1 saturated heterocycles. The van der Waals surface area contributed by atoms with E-state index in [1.807, 2.05) is 25.1 Å². The molecule has 1 fully saturated rings. The van der Waals surface area contributed by atoms with E-state index in [2.05, 4.69) is 5.32 Å². The van der Waals surface area contributed by atoms with Gasteiger partial charge in [-0.1, -0.05) is 18.2 Å². The quantitative estimate of drug-likeness (QED) is 0.859. The van der Waals surface area contributed by atoms with Crippen LogP contribution < -0.4 is 10.2 Å². The Morgan fingerprint density at radius 3 is 2.35 bits per heavy atom. The number of hydrogen-bond donors (Lipinski definition) is 1. The van der Waals surface area contributed by atoms with Gasteiger partial charge in [-0.2, -0.15) is 0 Å². The van der Waals surface area contributed by atoms with Gasteiger partial charge in [0.05, 0.1) is 12.1 Å². The number of nitrogens with zero attached hydrogens (tertiary/aromatic N) is 2. The summed E-state index contributed by atoms with van der Waals surface area (Å²) >= 11 is 0. The first-order valence-electron chi connectivity index (χ1n) is 8.39. The Hall–Kier alpha value is -3.15. The number of anilines is 2. The summed E-state index contributed by atoms with van der Waals surface area (Å²) in [7, 11) is 3.38. The third-order valence-electron chi connectivity index (χ3n) is 4.38. The molecule has 1 atom stereocenters. The minimum Gasteiger partial charge on any atom is -0.373 e. The standard InChI is InChI=1S/C20H21N3O3/c1-13-6-4-5-7-17(13)23-18(24)12-16(20(23)26)21-15-10-8-14(9-11-15)19(25)22(2)3/h4-11,16,21H,12H2,1-3H3/t16-/m1/s1. The number of carbonyl (C=O) groups excluding carboxylic acids is 3. The molecule has 0 unspecified atom stereocenters. The van der Waals surface area contributed by atoms with Gasteiger partial charge in [-0.05, 0) is 42.8 Å². The van der Waals surface area contributed by atoms with Crippen LogP contribution in [0.15, 0.2) is 48.5 Å². The van der Waals surface area contributed by atoms with Gasteiger partial charge < -0.3 is 10.2 Å². The lowest BCUT2D eigenvalue weighted by atomic mass is 10.1. The third-order valence-corrected chi connectivity index (χ3v) is 4.38. The highest BCUT2D eigenvalue weighted by Gasteiger charge is 2.40. The maximum absolute atomic E-state index is 12.7. The van der Waals surface area contributed by atoms with Crippen molar-refractivity contribution in [2.45, 2.75) is 19.4 Å². The predicted octanol–water partition coefficient (Wildman–Crippen LogP) is 2.44. The molecule has 0 bridgehead atoms. The number of amides is 3. The van der Waals surface area contributed by atoms with Crippen LogP contribution in [0.5, 0.6) is 0 Å². The number of benzene rings is 2.